The minimum Gasteiger partial charge on any atom is -0.293 e. The van der Waals surface area contributed by atoms with Crippen molar-refractivity contribution in [3.63, 3.8) is 0 Å². The van der Waals surface area contributed by atoms with Crippen LogP contribution in [0.15, 0.2) is 0 Å². The molecule has 56 valence electrons. The van der Waals surface area contributed by atoms with E-state index in [0.29, 0.717) is 0 Å². The molecule has 0 aliphatic heterocycles. The van der Waals surface area contributed by atoms with Crippen LogP contribution < -0.4 is 5.73 Å². The fourth-order valence-electron chi connectivity index (χ4n) is 0. The molecule has 0 radical (unpaired) electrons. The Labute approximate surface area is 61.3 Å². The first-order chi connectivity index (χ1) is 4.06. The molecular formula is C4H10ClNO2S. The van der Waals surface area contributed by atoms with E-state index < -0.39 is 10.3 Å². The minimum absolute atomic E-state index is 0.0741. The fourth-order valence-corrected chi connectivity index (χ4v) is 0. The van der Waals surface area contributed by atoms with Gasteiger partial charge in [-0.2, -0.15) is 8.42 Å². The highest BCUT2D eigenvalue weighted by Crippen LogP contribution is 1.59. The molecule has 3 nitrogen and oxygen atoms in total. The van der Waals surface area contributed by atoms with Crippen molar-refractivity contribution in [3.05, 3.63) is 0 Å². The first kappa shape index (κ1) is 11.7. The molecule has 0 unspecified atom stereocenters. The second-order valence-corrected chi connectivity index (χ2v) is 2.76. The summed E-state index contributed by atoms with van der Waals surface area (Å²) in [4.78, 5) is -0.0741. The van der Waals surface area contributed by atoms with Gasteiger partial charge in [0.25, 0.3) is 0 Å². The molecular weight excluding hydrogens is 162 g/mol. The maximum atomic E-state index is 9.54. The van der Waals surface area contributed by atoms with Crippen molar-refractivity contribution in [1.82, 2.24) is 0 Å². The molecule has 0 aromatic rings. The van der Waals surface area contributed by atoms with Crippen molar-refractivity contribution in [3.8, 4) is 0 Å². The average Bonchev–Trinajstić information content (AvgIpc) is 1.68. The normalized spacial score (nSPS) is 7.11. The van der Waals surface area contributed by atoms with Gasteiger partial charge < -0.3 is 0 Å². The number of rotatable bonds is 0. The summed E-state index contributed by atoms with van der Waals surface area (Å²) in [6.45, 7) is 3.21. The lowest BCUT2D eigenvalue weighted by atomic mass is 10.8. The minimum atomic E-state index is -2.17. The second kappa shape index (κ2) is 7.94. The molecule has 0 atom stereocenters. The first-order valence-corrected chi connectivity index (χ1v) is 3.91. The van der Waals surface area contributed by atoms with Crippen molar-refractivity contribution in [2.45, 2.75) is 13.8 Å². The van der Waals surface area contributed by atoms with Gasteiger partial charge >= 0.3 is 0 Å². The van der Waals surface area contributed by atoms with Gasteiger partial charge in [0.05, 0.1) is 0 Å². The average molecular weight is 172 g/mol. The Kier molecular flexibility index (Phi) is 10.3. The molecule has 0 saturated carbocycles. The van der Waals surface area contributed by atoms with E-state index in [1.165, 1.54) is 6.92 Å². The Morgan fingerprint density at radius 1 is 1.67 bits per heavy atom. The van der Waals surface area contributed by atoms with Crippen LogP contribution >= 0.6 is 11.6 Å². The summed E-state index contributed by atoms with van der Waals surface area (Å²) < 4.78 is 19.1. The first-order valence-electron chi connectivity index (χ1n) is 2.30. The van der Waals surface area contributed by atoms with Crippen LogP contribution in [0, 0.1) is 0 Å². The Morgan fingerprint density at radius 2 is 1.78 bits per heavy atom. The molecule has 0 fully saturated rings. The molecule has 0 amide bonds. The predicted molar refractivity (Wildman–Crippen MR) is 40.2 cm³/mol. The van der Waals surface area contributed by atoms with Crippen molar-refractivity contribution in [1.29, 1.82) is 0 Å². The Balaban J connectivity index is 0. The predicted octanol–water partition coefficient (Wildman–Crippen LogP) is 0.219. The van der Waals surface area contributed by atoms with E-state index in [1.807, 2.05) is 6.92 Å². The van der Waals surface area contributed by atoms with Gasteiger partial charge in [-0.05, 0) is 6.92 Å². The Morgan fingerprint density at radius 3 is 1.78 bits per heavy atom. The zero-order valence-electron chi connectivity index (χ0n) is 5.39. The van der Waals surface area contributed by atoms with Crippen molar-refractivity contribution in [2.24, 2.45) is 5.73 Å². The number of nitrogens with two attached hydrogens (primary N) is 1. The highest BCUT2D eigenvalue weighted by Gasteiger charge is 1.71. The zero-order valence-corrected chi connectivity index (χ0v) is 6.96. The molecule has 9 heavy (non-hydrogen) atoms. The topological polar surface area (TPSA) is 60.2 Å². The van der Waals surface area contributed by atoms with Gasteiger partial charge in [-0.1, -0.05) is 6.92 Å². The molecule has 0 heterocycles. The lowest BCUT2D eigenvalue weighted by molar-refractivity contribution is 0.627. The summed E-state index contributed by atoms with van der Waals surface area (Å²) in [6, 6.07) is 0. The number of hydrogen-bond donors (Lipinski definition) is 1. The summed E-state index contributed by atoms with van der Waals surface area (Å²) >= 11 is 5.00. The van der Waals surface area contributed by atoms with Crippen LogP contribution in [0.5, 0.6) is 0 Å². The summed E-state index contributed by atoms with van der Waals surface area (Å²) in [5, 5.41) is 0. The van der Waals surface area contributed by atoms with Crippen molar-refractivity contribution in [2.75, 3.05) is 5.88 Å². The number of hydrogen-bond acceptors (Lipinski definition) is 2. The molecule has 0 aliphatic carbocycles. The van der Waals surface area contributed by atoms with Crippen LogP contribution in [0.1, 0.15) is 13.8 Å². The largest absolute Gasteiger partial charge is 0.293 e. The second-order valence-electron chi connectivity index (χ2n) is 1.11. The molecule has 5 heteroatoms. The van der Waals surface area contributed by atoms with Crippen LogP contribution in [-0.4, -0.2) is 19.3 Å². The summed E-state index contributed by atoms with van der Waals surface area (Å²) in [6.07, 6.45) is 0. The van der Waals surface area contributed by atoms with E-state index in [2.05, 4.69) is 0 Å². The van der Waals surface area contributed by atoms with E-state index in [-0.39, 0.29) is 4.99 Å². The number of alkyl halides is 1. The van der Waals surface area contributed by atoms with Gasteiger partial charge in [0.2, 0.25) is 10.3 Å². The summed E-state index contributed by atoms with van der Waals surface area (Å²) in [7, 11) is -2.17. The third kappa shape index (κ3) is 18.0. The summed E-state index contributed by atoms with van der Waals surface area (Å²) in [5.74, 6) is 0.722. The SMILES string of the molecule is CC(N)=S(=O)=O.CCCl. The quantitative estimate of drug-likeness (QED) is 0.419. The van der Waals surface area contributed by atoms with Crippen molar-refractivity contribution < 1.29 is 8.42 Å². The van der Waals surface area contributed by atoms with E-state index in [4.69, 9.17) is 17.3 Å². The molecule has 0 bridgehead atoms. The monoisotopic (exact) mass is 171 g/mol. The van der Waals surface area contributed by atoms with Crippen LogP contribution in [0.4, 0.5) is 0 Å². The highest BCUT2D eigenvalue weighted by molar-refractivity contribution is 7.72. The smallest absolute Gasteiger partial charge is 0.227 e. The third-order valence-corrected chi connectivity index (χ3v) is 0.789. The standard InChI is InChI=1S/C2H5Cl.C2H5NO2S/c1-2-3;1-2(3)6(4)5/h2H2,1H3;3H2,1H3. The van der Waals surface area contributed by atoms with Gasteiger partial charge in [-0.3, -0.25) is 5.73 Å². The van der Waals surface area contributed by atoms with Crippen LogP contribution in [0.3, 0.4) is 0 Å². The van der Waals surface area contributed by atoms with E-state index >= 15 is 0 Å². The molecule has 2 N–H and O–H groups in total. The van der Waals surface area contributed by atoms with Crippen LogP contribution in [0.2, 0.25) is 0 Å². The van der Waals surface area contributed by atoms with E-state index in [0.717, 1.165) is 5.88 Å². The lowest BCUT2D eigenvalue weighted by Crippen LogP contribution is -2.05. The highest BCUT2D eigenvalue weighted by atomic mass is 35.5. The zero-order chi connectivity index (χ0) is 7.86. The molecule has 0 rings (SSSR count). The Bertz CT molecular complexity index is 161. The molecule has 0 aliphatic rings. The van der Waals surface area contributed by atoms with Gasteiger partial charge in [-0.25, -0.2) is 0 Å². The Hall–Kier alpha value is -0.0600. The number of halogens is 1. The maximum Gasteiger partial charge on any atom is 0.227 e. The molecule has 0 saturated heterocycles. The van der Waals surface area contributed by atoms with Gasteiger partial charge in [0.1, 0.15) is 4.99 Å². The van der Waals surface area contributed by atoms with Gasteiger partial charge in [0, 0.05) is 5.88 Å². The lowest BCUT2D eigenvalue weighted by Gasteiger charge is -1.65. The van der Waals surface area contributed by atoms with Crippen molar-refractivity contribution >= 4 is 26.9 Å². The van der Waals surface area contributed by atoms with Crippen LogP contribution in [-0.2, 0) is 10.3 Å². The molecule has 0 aromatic heterocycles. The van der Waals surface area contributed by atoms with Crippen LogP contribution in [0.25, 0.3) is 0 Å². The third-order valence-electron chi connectivity index (χ3n) is 0.263. The van der Waals surface area contributed by atoms with Gasteiger partial charge in [-0.15, -0.1) is 11.6 Å². The molecule has 0 aromatic carbocycles. The van der Waals surface area contributed by atoms with E-state index in [1.54, 1.807) is 0 Å². The maximum absolute atomic E-state index is 9.54. The summed E-state index contributed by atoms with van der Waals surface area (Å²) in [5.41, 5.74) is 4.74. The van der Waals surface area contributed by atoms with Gasteiger partial charge in [0.15, 0.2) is 0 Å². The van der Waals surface area contributed by atoms with E-state index in [9.17, 15) is 8.42 Å². The molecule has 0 spiro atoms. The fraction of sp³-hybridized carbons (Fsp3) is 0.750.